The van der Waals surface area contributed by atoms with E-state index < -0.39 is 0 Å². The van der Waals surface area contributed by atoms with E-state index in [-0.39, 0.29) is 6.04 Å². The maximum atomic E-state index is 5.67. The van der Waals surface area contributed by atoms with Gasteiger partial charge in [0.15, 0.2) is 0 Å². The minimum absolute atomic E-state index is 0.0179. The molecular weight excluding hydrogens is 308 g/mol. The van der Waals surface area contributed by atoms with Crippen LogP contribution in [0.5, 0.6) is 5.75 Å². The summed E-state index contributed by atoms with van der Waals surface area (Å²) in [4.78, 5) is 0. The molecule has 2 rings (SSSR count). The van der Waals surface area contributed by atoms with Crippen molar-refractivity contribution in [1.82, 2.24) is 15.2 Å². The Balaban J connectivity index is 2.28. The molecule has 0 aliphatic rings. The molecule has 6 heteroatoms. The third kappa shape index (κ3) is 3.15. The van der Waals surface area contributed by atoms with Crippen molar-refractivity contribution in [3.63, 3.8) is 0 Å². The monoisotopic (exact) mass is 324 g/mol. The number of hydrogen-bond acceptors (Lipinski definition) is 4. The average Bonchev–Trinajstić information content (AvgIpc) is 2.82. The van der Waals surface area contributed by atoms with E-state index in [1.54, 1.807) is 13.3 Å². The molecule has 0 aliphatic heterocycles. The highest BCUT2D eigenvalue weighted by Gasteiger charge is 2.16. The van der Waals surface area contributed by atoms with Gasteiger partial charge in [0.25, 0.3) is 0 Å². The first kappa shape index (κ1) is 14.0. The van der Waals surface area contributed by atoms with Crippen LogP contribution in [0.25, 0.3) is 0 Å². The molecule has 2 aromatic rings. The van der Waals surface area contributed by atoms with Crippen molar-refractivity contribution in [3.8, 4) is 5.75 Å². The first-order valence-electron chi connectivity index (χ1n) is 5.92. The van der Waals surface area contributed by atoms with Gasteiger partial charge in [-0.1, -0.05) is 15.9 Å². The highest BCUT2D eigenvalue weighted by Crippen LogP contribution is 2.27. The molecule has 0 bridgehead atoms. The van der Waals surface area contributed by atoms with Gasteiger partial charge in [0, 0.05) is 17.7 Å². The molecular formula is C13H17BrN4O. The zero-order valence-corrected chi connectivity index (χ0v) is 12.5. The number of nitrogens with zero attached hydrogens (tertiary/aromatic N) is 2. The predicted octanol–water partition coefficient (Wildman–Crippen LogP) is 1.94. The fourth-order valence-corrected chi connectivity index (χ4v) is 2.51. The maximum absolute atomic E-state index is 5.67. The van der Waals surface area contributed by atoms with Gasteiger partial charge in [-0.15, -0.1) is 0 Å². The van der Waals surface area contributed by atoms with Crippen LogP contribution >= 0.6 is 15.9 Å². The molecule has 19 heavy (non-hydrogen) atoms. The second-order valence-electron chi connectivity index (χ2n) is 4.26. The SMILES string of the molecule is COc1ccc(Br)cc1CC(NN)c1ccnn1C. The lowest BCUT2D eigenvalue weighted by Gasteiger charge is -2.18. The number of hydrazine groups is 1. The van der Waals surface area contributed by atoms with Crippen molar-refractivity contribution in [2.45, 2.75) is 12.5 Å². The summed E-state index contributed by atoms with van der Waals surface area (Å²) in [5, 5.41) is 4.17. The molecule has 0 aliphatic carbocycles. The number of aryl methyl sites for hydroxylation is 1. The summed E-state index contributed by atoms with van der Waals surface area (Å²) in [6.45, 7) is 0. The highest BCUT2D eigenvalue weighted by molar-refractivity contribution is 9.10. The first-order valence-corrected chi connectivity index (χ1v) is 6.71. The quantitative estimate of drug-likeness (QED) is 0.651. The van der Waals surface area contributed by atoms with Gasteiger partial charge in [0.05, 0.1) is 18.8 Å². The van der Waals surface area contributed by atoms with E-state index in [2.05, 4.69) is 26.5 Å². The topological polar surface area (TPSA) is 65.1 Å². The van der Waals surface area contributed by atoms with Gasteiger partial charge in [0.2, 0.25) is 0 Å². The van der Waals surface area contributed by atoms with E-state index >= 15 is 0 Å². The van der Waals surface area contributed by atoms with Crippen LogP contribution in [0.2, 0.25) is 0 Å². The van der Waals surface area contributed by atoms with Gasteiger partial charge in [-0.05, 0) is 36.2 Å². The van der Waals surface area contributed by atoms with Crippen LogP contribution in [-0.4, -0.2) is 16.9 Å². The van der Waals surface area contributed by atoms with E-state index in [1.807, 2.05) is 36.0 Å². The molecule has 0 saturated carbocycles. The third-order valence-corrected chi connectivity index (χ3v) is 3.58. The van der Waals surface area contributed by atoms with Crippen molar-refractivity contribution in [2.24, 2.45) is 12.9 Å². The van der Waals surface area contributed by atoms with Gasteiger partial charge >= 0.3 is 0 Å². The van der Waals surface area contributed by atoms with Crippen LogP contribution in [-0.2, 0) is 13.5 Å². The molecule has 1 atom stereocenters. The minimum atomic E-state index is -0.0179. The second-order valence-corrected chi connectivity index (χ2v) is 5.17. The van der Waals surface area contributed by atoms with Crippen molar-refractivity contribution < 1.29 is 4.74 Å². The third-order valence-electron chi connectivity index (χ3n) is 3.08. The molecule has 1 unspecified atom stereocenters. The van der Waals surface area contributed by atoms with Crippen molar-refractivity contribution in [3.05, 3.63) is 46.2 Å². The Morgan fingerprint density at radius 3 is 2.84 bits per heavy atom. The fraction of sp³-hybridized carbons (Fsp3) is 0.308. The molecule has 0 saturated heterocycles. The van der Waals surface area contributed by atoms with Crippen LogP contribution in [0.3, 0.4) is 0 Å². The lowest BCUT2D eigenvalue weighted by molar-refractivity contribution is 0.404. The highest BCUT2D eigenvalue weighted by atomic mass is 79.9. The summed E-state index contributed by atoms with van der Waals surface area (Å²) in [5.41, 5.74) is 4.95. The summed E-state index contributed by atoms with van der Waals surface area (Å²) in [6.07, 6.45) is 2.48. The second kappa shape index (κ2) is 6.18. The summed E-state index contributed by atoms with van der Waals surface area (Å²) < 4.78 is 8.21. The van der Waals surface area contributed by atoms with Gasteiger partial charge in [-0.25, -0.2) is 0 Å². The van der Waals surface area contributed by atoms with Gasteiger partial charge < -0.3 is 4.74 Å². The zero-order chi connectivity index (χ0) is 13.8. The number of nitrogens with two attached hydrogens (primary N) is 1. The largest absolute Gasteiger partial charge is 0.496 e. The number of rotatable bonds is 5. The van der Waals surface area contributed by atoms with Gasteiger partial charge in [-0.3, -0.25) is 16.0 Å². The lowest BCUT2D eigenvalue weighted by Crippen LogP contribution is -2.31. The maximum Gasteiger partial charge on any atom is 0.122 e. The minimum Gasteiger partial charge on any atom is -0.496 e. The number of benzene rings is 1. The summed E-state index contributed by atoms with van der Waals surface area (Å²) >= 11 is 3.48. The smallest absolute Gasteiger partial charge is 0.122 e. The molecule has 0 amide bonds. The van der Waals surface area contributed by atoms with E-state index in [4.69, 9.17) is 10.6 Å². The van der Waals surface area contributed by atoms with E-state index in [1.165, 1.54) is 0 Å². The Morgan fingerprint density at radius 1 is 1.47 bits per heavy atom. The Morgan fingerprint density at radius 2 is 2.26 bits per heavy atom. The van der Waals surface area contributed by atoms with E-state index in [0.29, 0.717) is 0 Å². The number of aromatic nitrogens is 2. The molecule has 0 radical (unpaired) electrons. The van der Waals surface area contributed by atoms with Crippen molar-refractivity contribution in [2.75, 3.05) is 7.11 Å². The normalized spacial score (nSPS) is 12.4. The molecule has 0 spiro atoms. The number of ether oxygens (including phenoxy) is 1. The molecule has 3 N–H and O–H groups in total. The lowest BCUT2D eigenvalue weighted by atomic mass is 10.0. The standard InChI is InChI=1S/C13H17BrN4O/c1-18-12(5-6-16-18)11(17-15)8-9-7-10(14)3-4-13(9)19-2/h3-7,11,17H,8,15H2,1-2H3. The van der Waals surface area contributed by atoms with Gasteiger partial charge in [-0.2, -0.15) is 5.10 Å². The number of hydrogen-bond donors (Lipinski definition) is 2. The zero-order valence-electron chi connectivity index (χ0n) is 10.9. The Labute approximate surface area is 120 Å². The van der Waals surface area contributed by atoms with Crippen molar-refractivity contribution >= 4 is 15.9 Å². The van der Waals surface area contributed by atoms with Gasteiger partial charge in [0.1, 0.15) is 5.75 Å². The van der Waals surface area contributed by atoms with Crippen LogP contribution in [0.1, 0.15) is 17.3 Å². The molecule has 1 aromatic carbocycles. The number of nitrogens with one attached hydrogen (secondary N) is 1. The van der Waals surface area contributed by atoms with E-state index in [0.717, 1.165) is 27.9 Å². The first-order chi connectivity index (χ1) is 9.15. The van der Waals surface area contributed by atoms with Crippen LogP contribution in [0.15, 0.2) is 34.9 Å². The summed E-state index contributed by atoms with van der Waals surface area (Å²) in [6, 6.07) is 7.87. The number of methoxy groups -OCH3 is 1. The molecule has 5 nitrogen and oxygen atoms in total. The fourth-order valence-electron chi connectivity index (χ4n) is 2.10. The van der Waals surface area contributed by atoms with Crippen molar-refractivity contribution in [1.29, 1.82) is 0 Å². The Hall–Kier alpha value is -1.37. The molecule has 1 heterocycles. The van der Waals surface area contributed by atoms with E-state index in [9.17, 15) is 0 Å². The number of halogens is 1. The van der Waals surface area contributed by atoms with Crippen LogP contribution < -0.4 is 16.0 Å². The molecule has 1 aromatic heterocycles. The predicted molar refractivity (Wildman–Crippen MR) is 77.7 cm³/mol. The average molecular weight is 325 g/mol. The summed E-state index contributed by atoms with van der Waals surface area (Å²) in [5.74, 6) is 6.52. The Bertz CT molecular complexity index is 555. The summed E-state index contributed by atoms with van der Waals surface area (Å²) in [7, 11) is 3.57. The molecule has 102 valence electrons. The molecule has 0 fully saturated rings. The van der Waals surface area contributed by atoms with Crippen LogP contribution in [0, 0.1) is 0 Å². The van der Waals surface area contributed by atoms with Crippen LogP contribution in [0.4, 0.5) is 0 Å². The Kier molecular flexibility index (Phi) is 4.57.